The van der Waals surface area contributed by atoms with Gasteiger partial charge in [0.15, 0.2) is 0 Å². The number of nitrogens with zero attached hydrogens (tertiary/aromatic N) is 4. The van der Waals surface area contributed by atoms with Crippen molar-refractivity contribution < 1.29 is 4.79 Å². The van der Waals surface area contributed by atoms with Crippen LogP contribution in [-0.2, 0) is 6.54 Å². The highest BCUT2D eigenvalue weighted by Gasteiger charge is 2.23. The highest BCUT2D eigenvalue weighted by molar-refractivity contribution is 7.09. The van der Waals surface area contributed by atoms with Gasteiger partial charge in [-0.25, -0.2) is 9.78 Å². The molecule has 0 spiro atoms. The predicted octanol–water partition coefficient (Wildman–Crippen LogP) is 2.89. The minimum atomic E-state index is 0.0307. The van der Waals surface area contributed by atoms with Crippen molar-refractivity contribution in [1.29, 1.82) is 0 Å². The lowest BCUT2D eigenvalue weighted by Gasteiger charge is -2.35. The van der Waals surface area contributed by atoms with Gasteiger partial charge in [0, 0.05) is 44.6 Å². The molecule has 0 saturated carbocycles. The number of nitrogens with one attached hydrogen (secondary N) is 1. The van der Waals surface area contributed by atoms with Crippen LogP contribution in [0.25, 0.3) is 0 Å². The molecule has 152 valence electrons. The second kappa shape index (κ2) is 9.49. The van der Waals surface area contributed by atoms with Crippen molar-refractivity contribution in [3.63, 3.8) is 0 Å². The number of amides is 2. The molecule has 7 heteroatoms. The zero-order valence-corrected chi connectivity index (χ0v) is 18.1. The van der Waals surface area contributed by atoms with Crippen LogP contribution in [0, 0.1) is 13.8 Å². The minimum absolute atomic E-state index is 0.0307. The van der Waals surface area contributed by atoms with E-state index < -0.39 is 0 Å². The molecule has 1 N–H and O–H groups in total. The Balaban J connectivity index is 1.47. The van der Waals surface area contributed by atoms with Crippen molar-refractivity contribution in [3.05, 3.63) is 51.5 Å². The largest absolute Gasteiger partial charge is 0.336 e. The van der Waals surface area contributed by atoms with Crippen molar-refractivity contribution in [2.75, 3.05) is 46.8 Å². The van der Waals surface area contributed by atoms with Gasteiger partial charge >= 0.3 is 6.03 Å². The Morgan fingerprint density at radius 3 is 2.43 bits per heavy atom. The van der Waals surface area contributed by atoms with E-state index in [1.165, 1.54) is 11.1 Å². The Morgan fingerprint density at radius 2 is 1.86 bits per heavy atom. The number of aromatic nitrogens is 1. The Labute approximate surface area is 172 Å². The third-order valence-electron chi connectivity index (χ3n) is 5.24. The van der Waals surface area contributed by atoms with Crippen LogP contribution in [-0.4, -0.2) is 72.5 Å². The first-order chi connectivity index (χ1) is 13.4. The van der Waals surface area contributed by atoms with Gasteiger partial charge in [-0.05, 0) is 33.5 Å². The second-order valence-electron chi connectivity index (χ2n) is 7.70. The molecule has 1 saturated heterocycles. The zero-order valence-electron chi connectivity index (χ0n) is 17.3. The van der Waals surface area contributed by atoms with E-state index in [0.717, 1.165) is 43.4 Å². The molecule has 1 atom stereocenters. The van der Waals surface area contributed by atoms with E-state index in [1.54, 1.807) is 11.3 Å². The third-order valence-corrected chi connectivity index (χ3v) is 6.07. The summed E-state index contributed by atoms with van der Waals surface area (Å²) in [4.78, 5) is 23.6. The van der Waals surface area contributed by atoms with Gasteiger partial charge in [0.05, 0.1) is 16.7 Å². The Bertz CT molecular complexity index is 765. The number of benzene rings is 1. The van der Waals surface area contributed by atoms with Crippen LogP contribution in [0.3, 0.4) is 0 Å². The summed E-state index contributed by atoms with van der Waals surface area (Å²) in [6.07, 6.45) is 0. The highest BCUT2D eigenvalue weighted by atomic mass is 32.1. The number of carbonyl (C=O) groups excluding carboxylic acids is 1. The van der Waals surface area contributed by atoms with E-state index in [-0.39, 0.29) is 12.1 Å². The van der Waals surface area contributed by atoms with Crippen LogP contribution in [0.1, 0.15) is 27.9 Å². The number of aryl methyl sites for hydroxylation is 2. The Morgan fingerprint density at radius 1 is 1.18 bits per heavy atom. The van der Waals surface area contributed by atoms with Crippen LogP contribution < -0.4 is 5.32 Å². The van der Waals surface area contributed by atoms with E-state index in [2.05, 4.69) is 70.8 Å². The smallest absolute Gasteiger partial charge is 0.317 e. The summed E-state index contributed by atoms with van der Waals surface area (Å²) in [6.45, 7) is 8.89. The number of likely N-dealkylation sites (N-methyl/N-ethyl adjacent to an activating group) is 1. The molecule has 0 aliphatic carbocycles. The molecule has 0 bridgehead atoms. The Hall–Kier alpha value is -1.96. The molecule has 0 radical (unpaired) electrons. The summed E-state index contributed by atoms with van der Waals surface area (Å²) in [5.74, 6) is 0. The number of urea groups is 1. The first kappa shape index (κ1) is 20.8. The average molecular weight is 402 g/mol. The average Bonchev–Trinajstić information content (AvgIpc) is 3.08. The normalized spacial score (nSPS) is 16.4. The number of rotatable bonds is 6. The van der Waals surface area contributed by atoms with Gasteiger partial charge in [0.1, 0.15) is 0 Å². The number of thiazole rings is 1. The van der Waals surface area contributed by atoms with Crippen molar-refractivity contribution in [1.82, 2.24) is 25.0 Å². The van der Waals surface area contributed by atoms with Gasteiger partial charge in [-0.2, -0.15) is 0 Å². The van der Waals surface area contributed by atoms with Gasteiger partial charge in [0.2, 0.25) is 0 Å². The molecule has 2 heterocycles. The van der Waals surface area contributed by atoms with Crippen molar-refractivity contribution in [2.45, 2.75) is 26.4 Å². The van der Waals surface area contributed by atoms with E-state index in [0.29, 0.717) is 6.54 Å². The van der Waals surface area contributed by atoms with Crippen LogP contribution >= 0.6 is 11.3 Å². The van der Waals surface area contributed by atoms with Crippen LogP contribution in [0.4, 0.5) is 4.79 Å². The lowest BCUT2D eigenvalue weighted by atomic mass is 10.0. The molecule has 2 aromatic rings. The first-order valence-electron chi connectivity index (χ1n) is 9.81. The SMILES string of the molecule is Cc1ccc(C(CNC(=O)N2CCN(Cc3csc(C)n3)CC2)N(C)C)cc1. The number of hydrogen-bond acceptors (Lipinski definition) is 5. The summed E-state index contributed by atoms with van der Waals surface area (Å²) in [5.41, 5.74) is 3.60. The van der Waals surface area contributed by atoms with Gasteiger partial charge < -0.3 is 15.1 Å². The molecule has 6 nitrogen and oxygen atoms in total. The molecular weight excluding hydrogens is 370 g/mol. The maximum Gasteiger partial charge on any atom is 0.317 e. The fraction of sp³-hybridized carbons (Fsp3) is 0.524. The monoisotopic (exact) mass is 401 g/mol. The summed E-state index contributed by atoms with van der Waals surface area (Å²) in [6, 6.07) is 8.73. The van der Waals surface area contributed by atoms with Crippen LogP contribution in [0.5, 0.6) is 0 Å². The number of hydrogen-bond donors (Lipinski definition) is 1. The summed E-state index contributed by atoms with van der Waals surface area (Å²) < 4.78 is 0. The summed E-state index contributed by atoms with van der Waals surface area (Å²) in [7, 11) is 4.10. The fourth-order valence-corrected chi connectivity index (χ4v) is 4.11. The van der Waals surface area contributed by atoms with E-state index in [1.807, 2.05) is 11.8 Å². The number of piperazine rings is 1. The molecule has 1 unspecified atom stereocenters. The molecule has 1 aromatic heterocycles. The fourth-order valence-electron chi connectivity index (χ4n) is 3.50. The molecule has 3 rings (SSSR count). The molecule has 28 heavy (non-hydrogen) atoms. The maximum atomic E-state index is 12.6. The number of carbonyl (C=O) groups is 1. The van der Waals surface area contributed by atoms with Gasteiger partial charge in [-0.3, -0.25) is 4.90 Å². The standard InChI is InChI=1S/C21H31N5OS/c1-16-5-7-18(8-6-16)20(24(3)4)13-22-21(27)26-11-9-25(10-12-26)14-19-15-28-17(2)23-19/h5-8,15,20H,9-14H2,1-4H3,(H,22,27). The lowest BCUT2D eigenvalue weighted by Crippen LogP contribution is -2.52. The van der Waals surface area contributed by atoms with Gasteiger partial charge in [-0.1, -0.05) is 29.8 Å². The third kappa shape index (κ3) is 5.53. The van der Waals surface area contributed by atoms with Gasteiger partial charge in [0.25, 0.3) is 0 Å². The highest BCUT2D eigenvalue weighted by Crippen LogP contribution is 2.18. The second-order valence-corrected chi connectivity index (χ2v) is 8.76. The predicted molar refractivity (Wildman–Crippen MR) is 115 cm³/mol. The minimum Gasteiger partial charge on any atom is -0.336 e. The van der Waals surface area contributed by atoms with Crippen LogP contribution in [0.2, 0.25) is 0 Å². The molecule has 1 fully saturated rings. The quantitative estimate of drug-likeness (QED) is 0.809. The summed E-state index contributed by atoms with van der Waals surface area (Å²) in [5, 5.41) is 6.37. The van der Waals surface area contributed by atoms with Crippen molar-refractivity contribution >= 4 is 17.4 Å². The maximum absolute atomic E-state index is 12.6. The van der Waals surface area contributed by atoms with Crippen molar-refractivity contribution in [3.8, 4) is 0 Å². The van der Waals surface area contributed by atoms with E-state index in [4.69, 9.17) is 0 Å². The van der Waals surface area contributed by atoms with E-state index >= 15 is 0 Å². The topological polar surface area (TPSA) is 51.7 Å². The molecular formula is C21H31N5OS. The van der Waals surface area contributed by atoms with Gasteiger partial charge in [-0.15, -0.1) is 11.3 Å². The molecule has 2 amide bonds. The molecule has 1 aromatic carbocycles. The zero-order chi connectivity index (χ0) is 20.1. The van der Waals surface area contributed by atoms with Crippen LogP contribution in [0.15, 0.2) is 29.6 Å². The lowest BCUT2D eigenvalue weighted by molar-refractivity contribution is 0.133. The van der Waals surface area contributed by atoms with E-state index in [9.17, 15) is 4.79 Å². The molecule has 1 aliphatic heterocycles. The first-order valence-corrected chi connectivity index (χ1v) is 10.7. The summed E-state index contributed by atoms with van der Waals surface area (Å²) >= 11 is 1.69. The molecule has 1 aliphatic rings. The Kier molecular flexibility index (Phi) is 7.04. The van der Waals surface area contributed by atoms with Crippen molar-refractivity contribution in [2.24, 2.45) is 0 Å².